The van der Waals surface area contributed by atoms with E-state index in [0.29, 0.717) is 25.7 Å². The Labute approximate surface area is 233 Å². The van der Waals surface area contributed by atoms with Crippen LogP contribution in [-0.2, 0) is 38.1 Å². The maximum Gasteiger partial charge on any atom is 0.320 e. The van der Waals surface area contributed by atoms with Crippen molar-refractivity contribution in [1.29, 1.82) is 0 Å². The number of hydrogen-bond donors (Lipinski definition) is 2. The Morgan fingerprint density at radius 2 is 1.13 bits per heavy atom. The second-order valence-electron chi connectivity index (χ2n) is 14.0. The second-order valence-corrected chi connectivity index (χ2v) is 14.0. The van der Waals surface area contributed by atoms with Crippen molar-refractivity contribution >= 4 is 23.7 Å². The lowest BCUT2D eigenvalue weighted by Crippen LogP contribution is -2.60. The Kier molecular flexibility index (Phi) is 10.8. The van der Waals surface area contributed by atoms with Gasteiger partial charge in [-0.2, -0.15) is 0 Å². The van der Waals surface area contributed by atoms with Gasteiger partial charge in [-0.15, -0.1) is 0 Å². The van der Waals surface area contributed by atoms with E-state index in [-0.39, 0.29) is 41.0 Å². The number of nitrogens with one attached hydrogen (secondary N) is 2. The van der Waals surface area contributed by atoms with Crippen molar-refractivity contribution in [3.63, 3.8) is 0 Å². The lowest BCUT2D eigenvalue weighted by atomic mass is 9.81. The van der Waals surface area contributed by atoms with Crippen LogP contribution >= 0.6 is 0 Å². The molecule has 2 aliphatic heterocycles. The van der Waals surface area contributed by atoms with Crippen molar-refractivity contribution in [3.05, 3.63) is 0 Å². The summed E-state index contributed by atoms with van der Waals surface area (Å²) < 4.78 is 22.5. The number of rotatable bonds is 11. The average molecular weight is 555 g/mol. The molecule has 10 nitrogen and oxygen atoms in total. The summed E-state index contributed by atoms with van der Waals surface area (Å²) in [4.78, 5) is 50.8. The quantitative estimate of drug-likeness (QED) is 0.223. The summed E-state index contributed by atoms with van der Waals surface area (Å²) >= 11 is 0. The molecule has 0 aromatic rings. The fraction of sp³-hybridized carbons (Fsp3) is 0.862. The third-order valence-electron chi connectivity index (χ3n) is 6.98. The molecule has 2 fully saturated rings. The zero-order valence-electron chi connectivity index (χ0n) is 25.5. The number of methoxy groups -OCH3 is 1. The van der Waals surface area contributed by atoms with E-state index in [2.05, 4.69) is 10.6 Å². The molecule has 2 aliphatic rings. The van der Waals surface area contributed by atoms with E-state index in [1.165, 1.54) is 14.0 Å². The Morgan fingerprint density at radius 1 is 0.744 bits per heavy atom. The predicted molar refractivity (Wildman–Crippen MR) is 146 cm³/mol. The first-order chi connectivity index (χ1) is 17.7. The molecule has 0 aromatic heterocycles. The number of piperidine rings is 2. The molecule has 224 valence electrons. The van der Waals surface area contributed by atoms with E-state index in [1.807, 2.05) is 55.4 Å². The van der Waals surface area contributed by atoms with Gasteiger partial charge in [-0.1, -0.05) is 0 Å². The minimum Gasteiger partial charge on any atom is -0.462 e. The van der Waals surface area contributed by atoms with Gasteiger partial charge in [0.2, 0.25) is 0 Å². The van der Waals surface area contributed by atoms with Crippen LogP contribution in [0.5, 0.6) is 0 Å². The summed E-state index contributed by atoms with van der Waals surface area (Å²) in [6.07, 6.45) is -0.0117. The Balaban J connectivity index is 2.27. The molecule has 2 saturated heterocycles. The van der Waals surface area contributed by atoms with Crippen molar-refractivity contribution in [2.24, 2.45) is 5.92 Å². The van der Waals surface area contributed by atoms with Gasteiger partial charge in [0.1, 0.15) is 30.5 Å². The van der Waals surface area contributed by atoms with Gasteiger partial charge in [-0.05, 0) is 62.3 Å². The van der Waals surface area contributed by atoms with Gasteiger partial charge in [-0.25, -0.2) is 0 Å². The maximum atomic E-state index is 13.6. The topological polar surface area (TPSA) is 129 Å². The molecular weight excluding hydrogens is 504 g/mol. The van der Waals surface area contributed by atoms with Crippen molar-refractivity contribution in [2.75, 3.05) is 13.7 Å². The number of hydrogen-bond acceptors (Lipinski definition) is 10. The Bertz CT molecular complexity index is 827. The third-order valence-corrected chi connectivity index (χ3v) is 6.98. The first-order valence-corrected chi connectivity index (χ1v) is 13.9. The largest absolute Gasteiger partial charge is 0.462 e. The Hall–Kier alpha value is -2.04. The number of carbonyl (C=O) groups excluding carboxylic acids is 4. The molecule has 0 amide bonds. The molecular formula is C29H50N2O8. The van der Waals surface area contributed by atoms with Gasteiger partial charge in [0, 0.05) is 61.4 Å². The zero-order chi connectivity index (χ0) is 29.8. The summed E-state index contributed by atoms with van der Waals surface area (Å²) in [7, 11) is 1.43. The number of ketones is 1. The number of carbonyl (C=O) groups is 4. The van der Waals surface area contributed by atoms with Gasteiger partial charge in [-0.3, -0.25) is 19.2 Å². The first kappa shape index (κ1) is 33.2. The molecule has 2 N–H and O–H groups in total. The zero-order valence-corrected chi connectivity index (χ0v) is 25.5. The van der Waals surface area contributed by atoms with Gasteiger partial charge in [0.05, 0.1) is 6.61 Å². The highest BCUT2D eigenvalue weighted by Gasteiger charge is 2.44. The molecule has 0 saturated carbocycles. The highest BCUT2D eigenvalue weighted by molar-refractivity contribution is 5.95. The van der Waals surface area contributed by atoms with Crippen molar-refractivity contribution in [2.45, 2.75) is 141 Å². The predicted octanol–water partition coefficient (Wildman–Crippen LogP) is 3.23. The van der Waals surface area contributed by atoms with E-state index in [1.54, 1.807) is 0 Å². The van der Waals surface area contributed by atoms with Crippen LogP contribution in [0.3, 0.4) is 0 Å². The monoisotopic (exact) mass is 554 g/mol. The van der Waals surface area contributed by atoms with E-state index < -0.39 is 48.6 Å². The number of ether oxygens (including phenoxy) is 4. The number of esters is 3. The van der Waals surface area contributed by atoms with E-state index in [0.717, 1.165) is 0 Å². The van der Waals surface area contributed by atoms with Gasteiger partial charge in [0.25, 0.3) is 0 Å². The lowest BCUT2D eigenvalue weighted by Gasteiger charge is -2.46. The van der Waals surface area contributed by atoms with Crippen molar-refractivity contribution in [3.8, 4) is 0 Å². The molecule has 0 spiro atoms. The van der Waals surface area contributed by atoms with Crippen molar-refractivity contribution < 1.29 is 38.1 Å². The van der Waals surface area contributed by atoms with Crippen LogP contribution in [0.25, 0.3) is 0 Å². The summed E-state index contributed by atoms with van der Waals surface area (Å²) in [6.45, 7) is 17.6. The van der Waals surface area contributed by atoms with Crippen molar-refractivity contribution in [1.82, 2.24) is 10.6 Å². The summed E-state index contributed by atoms with van der Waals surface area (Å²) in [5.41, 5.74) is -1.07. The fourth-order valence-electron chi connectivity index (χ4n) is 6.44. The smallest absolute Gasteiger partial charge is 0.320 e. The lowest BCUT2D eigenvalue weighted by molar-refractivity contribution is -0.177. The molecule has 0 aromatic carbocycles. The summed E-state index contributed by atoms with van der Waals surface area (Å²) in [6, 6.07) is 0. The molecule has 1 atom stereocenters. The molecule has 1 unspecified atom stereocenters. The SMILES string of the molecule is COCC(CC(C(=O)OC1CC(C)(C)NC(C)(C)C1)C(=O)OC1CC(C)(C)NC(C)(C)C1)OC(=O)CC(C)=O. The molecule has 2 rings (SSSR count). The molecule has 2 heterocycles. The van der Waals surface area contributed by atoms with Crippen LogP contribution in [0, 0.1) is 5.92 Å². The molecule has 0 radical (unpaired) electrons. The second kappa shape index (κ2) is 12.6. The van der Waals surface area contributed by atoms with E-state index in [4.69, 9.17) is 18.9 Å². The van der Waals surface area contributed by atoms with Crippen LogP contribution in [0.1, 0.15) is 101 Å². The molecule has 0 aliphatic carbocycles. The first-order valence-electron chi connectivity index (χ1n) is 13.9. The summed E-state index contributed by atoms with van der Waals surface area (Å²) in [5, 5.41) is 7.10. The summed E-state index contributed by atoms with van der Waals surface area (Å²) in [5.74, 6) is -3.84. The molecule has 39 heavy (non-hydrogen) atoms. The van der Waals surface area contributed by atoms with Crippen LogP contribution in [0.4, 0.5) is 0 Å². The normalized spacial score (nSPS) is 23.1. The molecule has 0 bridgehead atoms. The standard InChI is InChI=1S/C29H50N2O8/c1-18(32)11-23(33)37-19(17-36-10)12-22(24(34)38-20-13-26(2,3)30-27(4,5)14-20)25(35)39-21-15-28(6,7)31-29(8,9)16-21/h19-22,30-31H,11-17H2,1-10H3. The van der Waals surface area contributed by atoms with Gasteiger partial charge in [0.15, 0.2) is 5.92 Å². The van der Waals surface area contributed by atoms with Gasteiger partial charge >= 0.3 is 17.9 Å². The van der Waals surface area contributed by atoms with Crippen LogP contribution in [-0.4, -0.2) is 77.9 Å². The Morgan fingerprint density at radius 3 is 1.46 bits per heavy atom. The molecule has 10 heteroatoms. The van der Waals surface area contributed by atoms with Crippen LogP contribution in [0.15, 0.2) is 0 Å². The third kappa shape index (κ3) is 11.2. The number of Topliss-reactive ketones (excluding diaryl/α,β-unsaturated/α-hetero) is 1. The average Bonchev–Trinajstić information content (AvgIpc) is 2.66. The fourth-order valence-corrected chi connectivity index (χ4v) is 6.44. The highest BCUT2D eigenvalue weighted by Crippen LogP contribution is 2.33. The van der Waals surface area contributed by atoms with E-state index >= 15 is 0 Å². The minimum atomic E-state index is -1.32. The van der Waals surface area contributed by atoms with Gasteiger partial charge < -0.3 is 29.6 Å². The minimum absolute atomic E-state index is 0.0540. The van der Waals surface area contributed by atoms with Crippen LogP contribution < -0.4 is 10.6 Å². The highest BCUT2D eigenvalue weighted by atomic mass is 16.6. The van der Waals surface area contributed by atoms with Crippen LogP contribution in [0.2, 0.25) is 0 Å². The maximum absolute atomic E-state index is 13.6. The van der Waals surface area contributed by atoms with E-state index in [9.17, 15) is 19.2 Å².